The van der Waals surface area contributed by atoms with Crippen molar-refractivity contribution in [3.63, 3.8) is 0 Å². The zero-order chi connectivity index (χ0) is 13.8. The first-order valence-electron chi connectivity index (χ1n) is 5.88. The van der Waals surface area contributed by atoms with Crippen LogP contribution in [0.4, 0.5) is 0 Å². The molecule has 2 aromatic rings. The first-order chi connectivity index (χ1) is 9.15. The molecule has 4 heteroatoms. The Morgan fingerprint density at radius 2 is 1.47 bits per heavy atom. The molecule has 0 fully saturated rings. The first-order valence-corrected chi connectivity index (χ1v) is 6.96. The average molecular weight is 369 g/mol. The van der Waals surface area contributed by atoms with Crippen molar-refractivity contribution in [2.45, 2.75) is 6.04 Å². The Morgan fingerprint density at radius 1 is 0.895 bits per heavy atom. The number of benzene rings is 2. The van der Waals surface area contributed by atoms with Crippen molar-refractivity contribution in [2.24, 2.45) is 5.73 Å². The quantitative estimate of drug-likeness (QED) is 0.841. The van der Waals surface area contributed by atoms with Crippen LogP contribution in [-0.2, 0) is 0 Å². The monoisotopic (exact) mass is 369 g/mol. The summed E-state index contributed by atoms with van der Waals surface area (Å²) in [6, 6.07) is 13.8. The molecule has 0 heterocycles. The highest BCUT2D eigenvalue weighted by molar-refractivity contribution is 14.1. The van der Waals surface area contributed by atoms with Gasteiger partial charge in [-0.2, -0.15) is 0 Å². The van der Waals surface area contributed by atoms with Crippen LogP contribution >= 0.6 is 22.6 Å². The minimum Gasteiger partial charge on any atom is -0.493 e. The van der Waals surface area contributed by atoms with E-state index in [0.717, 1.165) is 11.1 Å². The van der Waals surface area contributed by atoms with Crippen LogP contribution in [0.1, 0.15) is 17.2 Å². The zero-order valence-corrected chi connectivity index (χ0v) is 13.0. The fourth-order valence-corrected chi connectivity index (χ4v) is 2.27. The van der Waals surface area contributed by atoms with Crippen molar-refractivity contribution in [1.82, 2.24) is 0 Å². The van der Waals surface area contributed by atoms with Crippen molar-refractivity contribution in [3.05, 3.63) is 57.2 Å². The summed E-state index contributed by atoms with van der Waals surface area (Å²) in [5.74, 6) is 1.40. The maximum Gasteiger partial charge on any atom is 0.161 e. The van der Waals surface area contributed by atoms with Crippen molar-refractivity contribution >= 4 is 22.6 Å². The predicted octanol–water partition coefficient (Wildman–Crippen LogP) is 3.36. The zero-order valence-electron chi connectivity index (χ0n) is 10.9. The summed E-state index contributed by atoms with van der Waals surface area (Å²) >= 11 is 2.28. The highest BCUT2D eigenvalue weighted by Crippen LogP contribution is 2.31. The van der Waals surface area contributed by atoms with Gasteiger partial charge in [-0.3, -0.25) is 0 Å². The lowest BCUT2D eigenvalue weighted by atomic mass is 9.99. The van der Waals surface area contributed by atoms with Gasteiger partial charge < -0.3 is 15.2 Å². The van der Waals surface area contributed by atoms with E-state index < -0.39 is 0 Å². The van der Waals surface area contributed by atoms with Crippen molar-refractivity contribution < 1.29 is 9.47 Å². The summed E-state index contributed by atoms with van der Waals surface area (Å²) in [7, 11) is 3.24. The first kappa shape index (κ1) is 14.1. The van der Waals surface area contributed by atoms with Crippen LogP contribution in [0, 0.1) is 3.57 Å². The van der Waals surface area contributed by atoms with Gasteiger partial charge in [-0.1, -0.05) is 18.2 Å². The molecular formula is C15H16INO2. The molecule has 2 N–H and O–H groups in total. The third kappa shape index (κ3) is 3.19. The molecule has 2 aromatic carbocycles. The largest absolute Gasteiger partial charge is 0.493 e. The molecule has 0 aliphatic rings. The Kier molecular flexibility index (Phi) is 4.66. The van der Waals surface area contributed by atoms with Gasteiger partial charge in [0.05, 0.1) is 20.3 Å². The number of ether oxygens (including phenoxy) is 2. The second-order valence-electron chi connectivity index (χ2n) is 4.14. The Bertz CT molecular complexity index is 555. The average Bonchev–Trinajstić information content (AvgIpc) is 2.46. The predicted molar refractivity (Wildman–Crippen MR) is 84.7 cm³/mol. The smallest absolute Gasteiger partial charge is 0.161 e. The normalized spacial score (nSPS) is 12.0. The molecule has 3 nitrogen and oxygen atoms in total. The third-order valence-corrected chi connectivity index (χ3v) is 3.72. The molecule has 19 heavy (non-hydrogen) atoms. The molecule has 1 atom stereocenters. The van der Waals surface area contributed by atoms with Gasteiger partial charge in [0, 0.05) is 3.57 Å². The summed E-state index contributed by atoms with van der Waals surface area (Å²) in [4.78, 5) is 0. The van der Waals surface area contributed by atoms with Crippen LogP contribution in [-0.4, -0.2) is 14.2 Å². The lowest BCUT2D eigenvalue weighted by Crippen LogP contribution is -2.12. The number of rotatable bonds is 4. The Hall–Kier alpha value is -1.27. The summed E-state index contributed by atoms with van der Waals surface area (Å²) in [6.45, 7) is 0. The summed E-state index contributed by atoms with van der Waals surface area (Å²) in [5.41, 5.74) is 8.36. The summed E-state index contributed by atoms with van der Waals surface area (Å²) < 4.78 is 11.7. The van der Waals surface area contributed by atoms with E-state index in [1.807, 2.05) is 30.3 Å². The minimum absolute atomic E-state index is 0.170. The Labute approximate surface area is 126 Å². The molecule has 100 valence electrons. The van der Waals surface area contributed by atoms with E-state index >= 15 is 0 Å². The van der Waals surface area contributed by atoms with Crippen LogP contribution < -0.4 is 15.2 Å². The molecule has 0 aromatic heterocycles. The maximum absolute atomic E-state index is 6.28. The van der Waals surface area contributed by atoms with Crippen LogP contribution in [0.25, 0.3) is 0 Å². The topological polar surface area (TPSA) is 44.5 Å². The molecule has 0 saturated carbocycles. The lowest BCUT2D eigenvalue weighted by molar-refractivity contribution is 0.354. The van der Waals surface area contributed by atoms with E-state index in [-0.39, 0.29) is 6.04 Å². The fraction of sp³-hybridized carbons (Fsp3) is 0.200. The number of nitrogens with two attached hydrogens (primary N) is 1. The summed E-state index contributed by atoms with van der Waals surface area (Å²) in [6.07, 6.45) is 0. The maximum atomic E-state index is 6.28. The standard InChI is InChI=1S/C15H16INO2/c1-18-13-8-5-11(9-14(13)19-2)15(17)10-3-6-12(16)7-4-10/h3-9,15H,17H2,1-2H3. The number of halogens is 1. The van der Waals surface area contributed by atoms with Gasteiger partial charge >= 0.3 is 0 Å². The van der Waals surface area contributed by atoms with Crippen LogP contribution in [0.15, 0.2) is 42.5 Å². The van der Waals surface area contributed by atoms with E-state index in [2.05, 4.69) is 34.7 Å². The number of methoxy groups -OCH3 is 2. The second kappa shape index (κ2) is 6.25. The number of hydrogen-bond donors (Lipinski definition) is 1. The van der Waals surface area contributed by atoms with Gasteiger partial charge in [0.2, 0.25) is 0 Å². The SMILES string of the molecule is COc1ccc(C(N)c2ccc(I)cc2)cc1OC. The van der Waals surface area contributed by atoms with E-state index in [0.29, 0.717) is 11.5 Å². The second-order valence-corrected chi connectivity index (χ2v) is 5.39. The minimum atomic E-state index is -0.170. The molecule has 0 spiro atoms. The van der Waals surface area contributed by atoms with Crippen molar-refractivity contribution in [1.29, 1.82) is 0 Å². The Morgan fingerprint density at radius 3 is 2.05 bits per heavy atom. The lowest BCUT2D eigenvalue weighted by Gasteiger charge is -2.15. The van der Waals surface area contributed by atoms with Gasteiger partial charge in [0.1, 0.15) is 0 Å². The van der Waals surface area contributed by atoms with E-state index in [4.69, 9.17) is 15.2 Å². The molecular weight excluding hydrogens is 353 g/mol. The van der Waals surface area contributed by atoms with Crippen molar-refractivity contribution in [3.8, 4) is 11.5 Å². The van der Waals surface area contributed by atoms with E-state index in [1.54, 1.807) is 14.2 Å². The van der Waals surface area contributed by atoms with Crippen LogP contribution in [0.5, 0.6) is 11.5 Å². The van der Waals surface area contributed by atoms with Crippen molar-refractivity contribution in [2.75, 3.05) is 14.2 Å². The third-order valence-electron chi connectivity index (χ3n) is 3.00. The molecule has 0 aliphatic heterocycles. The van der Waals surface area contributed by atoms with E-state index in [9.17, 15) is 0 Å². The molecule has 0 aliphatic carbocycles. The Balaban J connectivity index is 2.33. The molecule has 2 rings (SSSR count). The van der Waals surface area contributed by atoms with Gasteiger partial charge in [-0.25, -0.2) is 0 Å². The van der Waals surface area contributed by atoms with Gasteiger partial charge in [0.25, 0.3) is 0 Å². The molecule has 0 radical (unpaired) electrons. The molecule has 0 bridgehead atoms. The summed E-state index contributed by atoms with van der Waals surface area (Å²) in [5, 5.41) is 0. The molecule has 1 unspecified atom stereocenters. The van der Waals surface area contributed by atoms with Crippen LogP contribution in [0.3, 0.4) is 0 Å². The van der Waals surface area contributed by atoms with Gasteiger partial charge in [-0.15, -0.1) is 0 Å². The number of hydrogen-bond acceptors (Lipinski definition) is 3. The van der Waals surface area contributed by atoms with Crippen LogP contribution in [0.2, 0.25) is 0 Å². The highest BCUT2D eigenvalue weighted by atomic mass is 127. The molecule has 0 saturated heterocycles. The molecule has 0 amide bonds. The highest BCUT2D eigenvalue weighted by Gasteiger charge is 2.12. The van der Waals surface area contributed by atoms with Gasteiger partial charge in [-0.05, 0) is 58.0 Å². The fourth-order valence-electron chi connectivity index (χ4n) is 1.91. The van der Waals surface area contributed by atoms with E-state index in [1.165, 1.54) is 3.57 Å². The van der Waals surface area contributed by atoms with Gasteiger partial charge in [0.15, 0.2) is 11.5 Å².